The first kappa shape index (κ1) is 28.6. The van der Waals surface area contributed by atoms with Gasteiger partial charge in [0.25, 0.3) is 0 Å². The quantitative estimate of drug-likeness (QED) is 0.360. The molecule has 0 saturated carbocycles. The summed E-state index contributed by atoms with van der Waals surface area (Å²) in [7, 11) is -8.09. The summed E-state index contributed by atoms with van der Waals surface area (Å²) in [5, 5.41) is 0. The third-order valence-corrected chi connectivity index (χ3v) is 4.42. The topological polar surface area (TPSA) is 122 Å². The molecule has 0 fully saturated rings. The lowest BCUT2D eigenvalue weighted by atomic mass is 10.3. The molecule has 0 atom stereocenters. The molecule has 31 heavy (non-hydrogen) atoms. The van der Waals surface area contributed by atoms with Gasteiger partial charge in [-0.2, -0.15) is 0 Å². The van der Waals surface area contributed by atoms with E-state index in [9.17, 15) is 25.9 Å². The Hall–Kier alpha value is -2.40. The fourth-order valence-electron chi connectivity index (χ4n) is 1.78. The zero-order valence-electron chi connectivity index (χ0n) is 18.2. The van der Waals surface area contributed by atoms with Crippen LogP contribution in [-0.2, 0) is 26.9 Å². The highest BCUT2D eigenvalue weighted by Crippen LogP contribution is 1.91. The predicted octanol–water partition coefficient (Wildman–Crippen LogP) is 1.76. The second-order valence-electron chi connectivity index (χ2n) is 6.93. The zero-order chi connectivity index (χ0) is 23.9. The molecular formula is C21H30N2O6S2. The first-order chi connectivity index (χ1) is 14.3. The normalized spacial score (nSPS) is 10.5. The summed E-state index contributed by atoms with van der Waals surface area (Å²) >= 11 is 0. The lowest BCUT2D eigenvalue weighted by Crippen LogP contribution is -2.50. The summed E-state index contributed by atoms with van der Waals surface area (Å²) in [6.45, 7) is 7.83. The number of nitrogens with zero attached hydrogens (tertiary/aromatic N) is 2. The third kappa shape index (κ3) is 20.6. The van der Waals surface area contributed by atoms with E-state index in [1.165, 1.54) is 12.2 Å². The minimum absolute atomic E-state index is 0.394. The largest absolute Gasteiger partial charge is 0.748 e. The Morgan fingerprint density at radius 3 is 1.13 bits per heavy atom. The number of allylic oxidation sites excluding steroid dienone is 2. The monoisotopic (exact) mass is 470 g/mol. The van der Waals surface area contributed by atoms with E-state index in [1.54, 1.807) is 27.7 Å². The second-order valence-corrected chi connectivity index (χ2v) is 9.83. The fraction of sp³-hybridized carbons (Fsp3) is 0.333. The molecule has 2 heterocycles. The van der Waals surface area contributed by atoms with Gasteiger partial charge in [-0.05, 0) is 27.7 Å². The molecule has 172 valence electrons. The number of aromatic nitrogens is 2. The number of hydrogen-bond acceptors (Lipinski definition) is 6. The van der Waals surface area contributed by atoms with Crippen LogP contribution in [0, 0.1) is 0 Å². The molecule has 2 aromatic rings. The Morgan fingerprint density at radius 1 is 0.645 bits per heavy atom. The second kappa shape index (κ2) is 14.6. The van der Waals surface area contributed by atoms with Crippen molar-refractivity contribution in [2.75, 3.05) is 11.5 Å². The van der Waals surface area contributed by atoms with Crippen molar-refractivity contribution < 1.29 is 35.1 Å². The summed E-state index contributed by atoms with van der Waals surface area (Å²) in [5.41, 5.74) is 1.68. The van der Waals surface area contributed by atoms with Crippen LogP contribution in [0.4, 0.5) is 0 Å². The highest BCUT2D eigenvalue weighted by molar-refractivity contribution is 7.86. The van der Waals surface area contributed by atoms with Crippen molar-refractivity contribution in [3.63, 3.8) is 0 Å². The van der Waals surface area contributed by atoms with Crippen LogP contribution in [0.5, 0.6) is 0 Å². The first-order valence-electron chi connectivity index (χ1n) is 9.30. The Morgan fingerprint density at radius 2 is 0.935 bits per heavy atom. The first-order valence-corrected chi connectivity index (χ1v) is 12.5. The fourth-order valence-corrected chi connectivity index (χ4v) is 2.86. The summed E-state index contributed by atoms with van der Waals surface area (Å²) in [6, 6.07) is 12.2. The van der Waals surface area contributed by atoms with E-state index < -0.39 is 31.7 Å². The smallest absolute Gasteiger partial charge is 0.343 e. The Balaban J connectivity index is 0.000000452. The van der Waals surface area contributed by atoms with Gasteiger partial charge in [-0.25, -0.2) is 16.8 Å². The molecule has 0 saturated heterocycles. The van der Waals surface area contributed by atoms with Gasteiger partial charge in [-0.15, -0.1) is 9.13 Å². The lowest BCUT2D eigenvalue weighted by molar-refractivity contribution is -0.913. The van der Waals surface area contributed by atoms with Crippen LogP contribution < -0.4 is 9.13 Å². The minimum atomic E-state index is -4.05. The molecule has 0 N–H and O–H groups in total. The molecule has 0 unspecified atom stereocenters. The minimum Gasteiger partial charge on any atom is -0.748 e. The molecule has 0 aliphatic carbocycles. The van der Waals surface area contributed by atoms with Gasteiger partial charge in [0.1, 0.15) is 0 Å². The molecule has 0 spiro atoms. The predicted molar refractivity (Wildman–Crippen MR) is 117 cm³/mol. The lowest BCUT2D eigenvalue weighted by Gasteiger charge is -2.01. The van der Waals surface area contributed by atoms with E-state index in [2.05, 4.69) is 33.9 Å². The Kier molecular flexibility index (Phi) is 13.4. The van der Waals surface area contributed by atoms with Gasteiger partial charge in [0.2, 0.25) is 0 Å². The Labute approximate surface area is 185 Å². The van der Waals surface area contributed by atoms with Crippen molar-refractivity contribution in [1.29, 1.82) is 0 Å². The molecule has 0 radical (unpaired) electrons. The van der Waals surface area contributed by atoms with Crippen molar-refractivity contribution in [3.05, 3.63) is 84.5 Å². The van der Waals surface area contributed by atoms with Crippen LogP contribution in [0.15, 0.2) is 84.5 Å². The average molecular weight is 471 g/mol. The zero-order valence-corrected chi connectivity index (χ0v) is 19.8. The van der Waals surface area contributed by atoms with Crippen LogP contribution in [0.3, 0.4) is 0 Å². The van der Waals surface area contributed by atoms with Gasteiger partial charge in [0.05, 0.1) is 31.7 Å². The van der Waals surface area contributed by atoms with Crippen molar-refractivity contribution in [2.45, 2.75) is 34.4 Å². The molecule has 10 heteroatoms. The van der Waals surface area contributed by atoms with Gasteiger partial charge < -0.3 is 9.11 Å². The van der Waals surface area contributed by atoms with Crippen LogP contribution in [-0.4, -0.2) is 37.4 Å². The van der Waals surface area contributed by atoms with Crippen LogP contribution in [0.25, 0.3) is 0 Å². The summed E-state index contributed by atoms with van der Waals surface area (Å²) in [5.74, 6) is -0.787. The molecule has 0 aliphatic heterocycles. The molecule has 0 amide bonds. The van der Waals surface area contributed by atoms with E-state index in [0.29, 0.717) is 0 Å². The summed E-state index contributed by atoms with van der Waals surface area (Å²) in [4.78, 5) is 0. The third-order valence-electron chi connectivity index (χ3n) is 3.27. The summed E-state index contributed by atoms with van der Waals surface area (Å²) in [6.07, 6.45) is 11.0. The standard InChI is InChI=1S/C11H12N2.2C5H10O3S/c1-3-7-12(8-4-1)11-13-9-5-2-6-10-13;2*1-5(2)3-4-9(6,7)8/h1-10H,11H2;2*3H,4H2,1-2H3,(H,6,7,8)/q+2;;/p-2. The van der Waals surface area contributed by atoms with Crippen LogP contribution >= 0.6 is 0 Å². The van der Waals surface area contributed by atoms with E-state index in [-0.39, 0.29) is 0 Å². The van der Waals surface area contributed by atoms with Crippen molar-refractivity contribution in [2.24, 2.45) is 0 Å². The highest BCUT2D eigenvalue weighted by Gasteiger charge is 2.03. The Bertz CT molecular complexity index is 940. The van der Waals surface area contributed by atoms with Gasteiger partial charge in [-0.1, -0.05) is 35.4 Å². The molecule has 8 nitrogen and oxygen atoms in total. The van der Waals surface area contributed by atoms with E-state index in [0.717, 1.165) is 17.8 Å². The van der Waals surface area contributed by atoms with Crippen LogP contribution in [0.1, 0.15) is 27.7 Å². The summed E-state index contributed by atoms with van der Waals surface area (Å²) < 4.78 is 63.9. The molecule has 0 aliphatic rings. The molecule has 2 aromatic heterocycles. The molecule has 0 aromatic carbocycles. The maximum absolute atomic E-state index is 9.94. The van der Waals surface area contributed by atoms with E-state index in [1.807, 2.05) is 36.4 Å². The number of pyridine rings is 2. The van der Waals surface area contributed by atoms with Gasteiger partial charge >= 0.3 is 6.67 Å². The van der Waals surface area contributed by atoms with Crippen molar-refractivity contribution in [3.8, 4) is 0 Å². The number of hydrogen-bond donors (Lipinski definition) is 0. The van der Waals surface area contributed by atoms with Gasteiger partial charge in [0.15, 0.2) is 24.8 Å². The van der Waals surface area contributed by atoms with Crippen LogP contribution in [0.2, 0.25) is 0 Å². The molecule has 2 rings (SSSR count). The van der Waals surface area contributed by atoms with E-state index in [4.69, 9.17) is 0 Å². The maximum Gasteiger partial charge on any atom is 0.343 e. The van der Waals surface area contributed by atoms with Crippen molar-refractivity contribution >= 4 is 20.2 Å². The highest BCUT2D eigenvalue weighted by atomic mass is 32.2. The number of rotatable bonds is 6. The SMILES string of the molecule is CC(C)=CCS(=O)(=O)[O-].CC(C)=CCS(=O)(=O)[O-].c1cc[n+](C[n+]2ccccc2)cc1. The van der Waals surface area contributed by atoms with Crippen molar-refractivity contribution in [1.82, 2.24) is 0 Å². The van der Waals surface area contributed by atoms with E-state index >= 15 is 0 Å². The average Bonchev–Trinajstić information content (AvgIpc) is 2.67. The molecule has 0 bridgehead atoms. The van der Waals surface area contributed by atoms with Gasteiger partial charge in [-0.3, -0.25) is 0 Å². The maximum atomic E-state index is 9.94. The van der Waals surface area contributed by atoms with Gasteiger partial charge in [0, 0.05) is 24.3 Å². The molecular weight excluding hydrogens is 440 g/mol.